The smallest absolute Gasteiger partial charge is 0.255 e. The van der Waals surface area contributed by atoms with E-state index in [9.17, 15) is 4.79 Å². The Kier molecular flexibility index (Phi) is 4.31. The minimum Gasteiger partial charge on any atom is -0.341 e. The second-order valence-electron chi connectivity index (χ2n) is 5.03. The third kappa shape index (κ3) is 3.07. The van der Waals surface area contributed by atoms with Gasteiger partial charge in [0.2, 0.25) is 0 Å². The first-order chi connectivity index (χ1) is 8.68. The molecule has 98 valence electrons. The van der Waals surface area contributed by atoms with Crippen LogP contribution in [0.1, 0.15) is 28.9 Å². The van der Waals surface area contributed by atoms with Gasteiger partial charge in [-0.2, -0.15) is 0 Å². The Hall–Kier alpha value is -1.42. The van der Waals surface area contributed by atoms with Gasteiger partial charge in [-0.3, -0.25) is 9.78 Å². The van der Waals surface area contributed by atoms with Gasteiger partial charge in [0, 0.05) is 25.5 Å². The lowest BCUT2D eigenvalue weighted by atomic mass is 9.99. The number of nitrogens with one attached hydrogen (secondary N) is 1. The van der Waals surface area contributed by atoms with Gasteiger partial charge in [-0.05, 0) is 50.9 Å². The van der Waals surface area contributed by atoms with Crippen molar-refractivity contribution in [2.24, 2.45) is 5.92 Å². The number of nitrogens with zero attached hydrogens (tertiary/aromatic N) is 2. The molecule has 0 radical (unpaired) electrons. The number of amides is 1. The molecular formula is C14H21N3O. The van der Waals surface area contributed by atoms with Crippen molar-refractivity contribution in [3.8, 4) is 0 Å². The van der Waals surface area contributed by atoms with Gasteiger partial charge in [0.1, 0.15) is 0 Å². The van der Waals surface area contributed by atoms with E-state index in [1.54, 1.807) is 6.20 Å². The van der Waals surface area contributed by atoms with Crippen molar-refractivity contribution >= 4 is 5.91 Å². The first-order valence-corrected chi connectivity index (χ1v) is 6.56. The number of hydrogen-bond acceptors (Lipinski definition) is 3. The fraction of sp³-hybridized carbons (Fsp3) is 0.571. The van der Waals surface area contributed by atoms with Crippen LogP contribution < -0.4 is 5.32 Å². The third-order valence-corrected chi connectivity index (χ3v) is 3.52. The lowest BCUT2D eigenvalue weighted by Gasteiger charge is -2.27. The van der Waals surface area contributed by atoms with Crippen LogP contribution in [0.15, 0.2) is 18.3 Å². The van der Waals surface area contributed by atoms with Gasteiger partial charge in [-0.25, -0.2) is 0 Å². The molecule has 1 aliphatic heterocycles. The van der Waals surface area contributed by atoms with Crippen LogP contribution in [0.3, 0.4) is 0 Å². The summed E-state index contributed by atoms with van der Waals surface area (Å²) >= 11 is 0. The Morgan fingerprint density at radius 3 is 3.11 bits per heavy atom. The number of rotatable bonds is 3. The molecular weight excluding hydrogens is 226 g/mol. The van der Waals surface area contributed by atoms with Crippen LogP contribution in [0, 0.1) is 12.8 Å². The molecule has 2 heterocycles. The van der Waals surface area contributed by atoms with Crippen LogP contribution in [-0.4, -0.2) is 42.5 Å². The highest BCUT2D eigenvalue weighted by Gasteiger charge is 2.20. The number of hydrogen-bond donors (Lipinski definition) is 1. The summed E-state index contributed by atoms with van der Waals surface area (Å²) in [5, 5.41) is 3.38. The molecule has 1 unspecified atom stereocenters. The molecule has 1 aromatic rings. The van der Waals surface area contributed by atoms with E-state index in [4.69, 9.17) is 0 Å². The first kappa shape index (κ1) is 13.0. The van der Waals surface area contributed by atoms with Crippen LogP contribution in [0.2, 0.25) is 0 Å². The van der Waals surface area contributed by atoms with Crippen LogP contribution in [-0.2, 0) is 0 Å². The molecule has 0 aromatic carbocycles. The number of carbonyl (C=O) groups excluding carboxylic acids is 1. The molecule has 1 atom stereocenters. The molecule has 1 aliphatic rings. The molecule has 1 fully saturated rings. The summed E-state index contributed by atoms with van der Waals surface area (Å²) < 4.78 is 0. The molecule has 0 aliphatic carbocycles. The van der Waals surface area contributed by atoms with Gasteiger partial charge in [0.25, 0.3) is 5.91 Å². The van der Waals surface area contributed by atoms with E-state index >= 15 is 0 Å². The maximum atomic E-state index is 12.3. The Labute approximate surface area is 108 Å². The summed E-state index contributed by atoms with van der Waals surface area (Å²) in [6, 6.07) is 3.66. The van der Waals surface area contributed by atoms with Crippen molar-refractivity contribution in [1.82, 2.24) is 15.2 Å². The van der Waals surface area contributed by atoms with Crippen LogP contribution in [0.5, 0.6) is 0 Å². The standard InChI is InChI=1S/C14H21N3O/c1-11-13(6-4-8-16-11)14(18)17(2)10-12-5-3-7-15-9-12/h4,6,8,12,15H,3,5,7,9-10H2,1-2H3. The van der Waals surface area contributed by atoms with E-state index in [1.807, 2.05) is 31.0 Å². The van der Waals surface area contributed by atoms with Crippen molar-refractivity contribution in [2.75, 3.05) is 26.7 Å². The molecule has 4 nitrogen and oxygen atoms in total. The lowest BCUT2D eigenvalue weighted by Crippen LogP contribution is -2.39. The summed E-state index contributed by atoms with van der Waals surface area (Å²) in [6.45, 7) is 4.82. The van der Waals surface area contributed by atoms with E-state index in [-0.39, 0.29) is 5.91 Å². The van der Waals surface area contributed by atoms with Crippen molar-refractivity contribution in [3.63, 3.8) is 0 Å². The maximum absolute atomic E-state index is 12.3. The zero-order valence-corrected chi connectivity index (χ0v) is 11.1. The summed E-state index contributed by atoms with van der Waals surface area (Å²) in [7, 11) is 1.88. The normalized spacial score (nSPS) is 19.6. The molecule has 2 rings (SSSR count). The second kappa shape index (κ2) is 5.96. The molecule has 18 heavy (non-hydrogen) atoms. The van der Waals surface area contributed by atoms with Crippen molar-refractivity contribution in [3.05, 3.63) is 29.6 Å². The average Bonchev–Trinajstić information content (AvgIpc) is 2.39. The molecule has 1 amide bonds. The fourth-order valence-electron chi connectivity index (χ4n) is 2.47. The van der Waals surface area contributed by atoms with Gasteiger partial charge < -0.3 is 10.2 Å². The summed E-state index contributed by atoms with van der Waals surface area (Å²) in [6.07, 6.45) is 4.13. The Balaban J connectivity index is 1.98. The van der Waals surface area contributed by atoms with E-state index in [1.165, 1.54) is 12.8 Å². The molecule has 1 N–H and O–H groups in total. The average molecular weight is 247 g/mol. The molecule has 1 aromatic heterocycles. The van der Waals surface area contributed by atoms with Gasteiger partial charge in [0.05, 0.1) is 5.56 Å². The Morgan fingerprint density at radius 1 is 1.61 bits per heavy atom. The van der Waals surface area contributed by atoms with Gasteiger partial charge in [-0.1, -0.05) is 0 Å². The molecule has 0 bridgehead atoms. The zero-order chi connectivity index (χ0) is 13.0. The monoisotopic (exact) mass is 247 g/mol. The van der Waals surface area contributed by atoms with Gasteiger partial charge in [0.15, 0.2) is 0 Å². The van der Waals surface area contributed by atoms with E-state index in [2.05, 4.69) is 10.3 Å². The van der Waals surface area contributed by atoms with E-state index in [0.717, 1.165) is 25.3 Å². The highest BCUT2D eigenvalue weighted by Crippen LogP contribution is 2.13. The SMILES string of the molecule is Cc1ncccc1C(=O)N(C)CC1CCCNC1. The van der Waals surface area contributed by atoms with Crippen molar-refractivity contribution < 1.29 is 4.79 Å². The lowest BCUT2D eigenvalue weighted by molar-refractivity contribution is 0.0763. The number of carbonyl (C=O) groups is 1. The maximum Gasteiger partial charge on any atom is 0.255 e. The summed E-state index contributed by atoms with van der Waals surface area (Å²) in [5.41, 5.74) is 1.51. The fourth-order valence-corrected chi connectivity index (χ4v) is 2.47. The van der Waals surface area contributed by atoms with Gasteiger partial charge in [-0.15, -0.1) is 0 Å². The Morgan fingerprint density at radius 2 is 2.44 bits per heavy atom. The largest absolute Gasteiger partial charge is 0.341 e. The highest BCUT2D eigenvalue weighted by molar-refractivity contribution is 5.94. The zero-order valence-electron chi connectivity index (χ0n) is 11.1. The molecule has 0 spiro atoms. The quantitative estimate of drug-likeness (QED) is 0.879. The predicted molar refractivity (Wildman–Crippen MR) is 71.5 cm³/mol. The van der Waals surface area contributed by atoms with Crippen LogP contribution in [0.4, 0.5) is 0 Å². The van der Waals surface area contributed by atoms with E-state index < -0.39 is 0 Å². The van der Waals surface area contributed by atoms with Crippen LogP contribution in [0.25, 0.3) is 0 Å². The van der Waals surface area contributed by atoms with Gasteiger partial charge >= 0.3 is 0 Å². The second-order valence-corrected chi connectivity index (χ2v) is 5.03. The highest BCUT2D eigenvalue weighted by atomic mass is 16.2. The minimum atomic E-state index is 0.0752. The predicted octanol–water partition coefficient (Wildman–Crippen LogP) is 1.46. The summed E-state index contributed by atoms with van der Waals surface area (Å²) in [4.78, 5) is 18.3. The molecule has 4 heteroatoms. The van der Waals surface area contributed by atoms with Crippen LogP contribution >= 0.6 is 0 Å². The van der Waals surface area contributed by atoms with E-state index in [0.29, 0.717) is 11.5 Å². The number of aryl methyl sites for hydroxylation is 1. The first-order valence-electron chi connectivity index (χ1n) is 6.56. The summed E-state index contributed by atoms with van der Waals surface area (Å²) in [5.74, 6) is 0.649. The third-order valence-electron chi connectivity index (χ3n) is 3.52. The van der Waals surface area contributed by atoms with Crippen molar-refractivity contribution in [2.45, 2.75) is 19.8 Å². The minimum absolute atomic E-state index is 0.0752. The number of pyridine rings is 1. The van der Waals surface area contributed by atoms with Crippen molar-refractivity contribution in [1.29, 1.82) is 0 Å². The number of piperidine rings is 1. The number of aromatic nitrogens is 1. The Bertz CT molecular complexity index is 413. The molecule has 0 saturated carbocycles. The topological polar surface area (TPSA) is 45.2 Å². The molecule has 1 saturated heterocycles.